The molecule has 0 saturated heterocycles. The third-order valence-corrected chi connectivity index (χ3v) is 5.01. The minimum Gasteiger partial charge on any atom is -0.487 e. The molecule has 0 heterocycles. The fraction of sp³-hybridized carbons (Fsp3) is 0.417. The first kappa shape index (κ1) is 23.3. The van der Waals surface area contributed by atoms with Crippen molar-refractivity contribution >= 4 is 17.4 Å². The molecule has 2 aromatic rings. The lowest BCUT2D eigenvalue weighted by atomic mass is 9.84. The molecule has 1 N–H and O–H groups in total. The number of anilines is 1. The number of methoxy groups -OCH3 is 1. The van der Waals surface area contributed by atoms with E-state index in [1.165, 1.54) is 18.4 Å². The third kappa shape index (κ3) is 5.53. The monoisotopic (exact) mass is 412 g/mol. The van der Waals surface area contributed by atoms with Crippen LogP contribution in [0.5, 0.6) is 5.75 Å². The summed E-state index contributed by atoms with van der Waals surface area (Å²) < 4.78 is 10.5. The highest BCUT2D eigenvalue weighted by molar-refractivity contribution is 6.02. The minimum absolute atomic E-state index is 0.0704. The van der Waals surface area contributed by atoms with E-state index in [4.69, 9.17) is 9.47 Å². The second-order valence-corrected chi connectivity index (χ2v) is 8.01. The summed E-state index contributed by atoms with van der Waals surface area (Å²) in [5, 5.41) is 13.1. The van der Waals surface area contributed by atoms with Crippen molar-refractivity contribution in [1.82, 2.24) is 0 Å². The number of nitrogens with zero attached hydrogens (tertiary/aromatic N) is 2. The molecular formula is C24H32N2O4. The fourth-order valence-electron chi connectivity index (χ4n) is 3.28. The van der Waals surface area contributed by atoms with Gasteiger partial charge in [0.05, 0.1) is 12.7 Å². The largest absolute Gasteiger partial charge is 0.487 e. The Morgan fingerprint density at radius 3 is 2.13 bits per heavy atom. The van der Waals surface area contributed by atoms with E-state index in [0.29, 0.717) is 17.0 Å². The van der Waals surface area contributed by atoms with Crippen molar-refractivity contribution in [2.45, 2.75) is 40.0 Å². The van der Waals surface area contributed by atoms with Gasteiger partial charge < -0.3 is 19.6 Å². The molecule has 0 amide bonds. The zero-order chi connectivity index (χ0) is 22.3. The van der Waals surface area contributed by atoms with E-state index in [1.807, 2.05) is 6.07 Å². The summed E-state index contributed by atoms with van der Waals surface area (Å²) in [5.74, 6) is 0.168. The van der Waals surface area contributed by atoms with E-state index in [9.17, 15) is 10.0 Å². The average molecular weight is 413 g/mol. The van der Waals surface area contributed by atoms with Gasteiger partial charge in [0.1, 0.15) is 18.1 Å². The van der Waals surface area contributed by atoms with Gasteiger partial charge in [0.15, 0.2) is 0 Å². The van der Waals surface area contributed by atoms with Crippen molar-refractivity contribution in [2.75, 3.05) is 31.7 Å². The molecule has 0 atom stereocenters. The van der Waals surface area contributed by atoms with Crippen molar-refractivity contribution in [1.29, 1.82) is 0 Å². The van der Waals surface area contributed by atoms with E-state index < -0.39 is 5.97 Å². The molecule has 0 unspecified atom stereocenters. The van der Waals surface area contributed by atoms with Crippen LogP contribution in [0.15, 0.2) is 47.6 Å². The fourth-order valence-corrected chi connectivity index (χ4v) is 3.28. The summed E-state index contributed by atoms with van der Waals surface area (Å²) in [6.07, 6.45) is 0. The zero-order valence-electron chi connectivity index (χ0n) is 18.7. The molecule has 0 aromatic heterocycles. The average Bonchev–Trinajstić information content (AvgIpc) is 2.74. The van der Waals surface area contributed by atoms with E-state index >= 15 is 0 Å². The highest BCUT2D eigenvalue weighted by Crippen LogP contribution is 2.33. The van der Waals surface area contributed by atoms with Crippen LogP contribution in [0.2, 0.25) is 0 Å². The van der Waals surface area contributed by atoms with Gasteiger partial charge in [-0.15, -0.1) is 0 Å². The van der Waals surface area contributed by atoms with Crippen LogP contribution in [-0.4, -0.2) is 43.7 Å². The second kappa shape index (κ2) is 10.1. The first-order valence-corrected chi connectivity index (χ1v) is 10.2. The maximum Gasteiger partial charge on any atom is 0.337 e. The maximum atomic E-state index is 11.5. The van der Waals surface area contributed by atoms with Crippen LogP contribution < -0.4 is 9.64 Å². The summed E-state index contributed by atoms with van der Waals surface area (Å²) in [7, 11) is 1.34. The molecule has 0 bridgehead atoms. The van der Waals surface area contributed by atoms with Crippen LogP contribution in [0.25, 0.3) is 0 Å². The second-order valence-electron chi connectivity index (χ2n) is 8.01. The van der Waals surface area contributed by atoms with Crippen molar-refractivity contribution in [3.05, 3.63) is 59.2 Å². The molecule has 0 saturated carbocycles. The molecule has 2 aromatic carbocycles. The van der Waals surface area contributed by atoms with Gasteiger partial charge in [0.25, 0.3) is 0 Å². The van der Waals surface area contributed by atoms with Gasteiger partial charge >= 0.3 is 5.97 Å². The lowest BCUT2D eigenvalue weighted by Gasteiger charge is -2.30. The Balaban J connectivity index is 2.25. The number of ether oxygens (including phenoxy) is 2. The maximum absolute atomic E-state index is 11.5. The number of carbonyl (C=O) groups excluding carboxylic acids is 1. The molecule has 6 heteroatoms. The Labute approximate surface area is 179 Å². The van der Waals surface area contributed by atoms with Gasteiger partial charge in [-0.1, -0.05) is 32.0 Å². The van der Waals surface area contributed by atoms with Crippen molar-refractivity contribution in [3.63, 3.8) is 0 Å². The molecule has 0 aliphatic carbocycles. The molecule has 0 fully saturated rings. The van der Waals surface area contributed by atoms with Gasteiger partial charge in [-0.05, 0) is 61.2 Å². The highest BCUT2D eigenvalue weighted by Gasteiger charge is 2.22. The van der Waals surface area contributed by atoms with Gasteiger partial charge in [0, 0.05) is 24.3 Å². The van der Waals surface area contributed by atoms with Crippen molar-refractivity contribution in [2.24, 2.45) is 5.16 Å². The Hall–Kier alpha value is -3.02. The molecule has 0 aliphatic heterocycles. The Kier molecular flexibility index (Phi) is 7.86. The number of benzene rings is 2. The first-order chi connectivity index (χ1) is 14.2. The number of rotatable bonds is 8. The van der Waals surface area contributed by atoms with Crippen LogP contribution in [0.4, 0.5) is 5.69 Å². The summed E-state index contributed by atoms with van der Waals surface area (Å²) >= 11 is 0. The van der Waals surface area contributed by atoms with E-state index in [1.54, 1.807) is 24.3 Å². The topological polar surface area (TPSA) is 71.4 Å². The number of carbonyl (C=O) groups is 1. The van der Waals surface area contributed by atoms with Gasteiger partial charge in [0.2, 0.25) is 0 Å². The summed E-state index contributed by atoms with van der Waals surface area (Å²) in [6.45, 7) is 12.8. The standard InChI is InChI=1S/C24H32N2O4/c1-7-26(8-2)22-14-11-18(15-20(22)24(3,4)5)21(25-28)16-30-19-12-9-17(10-13-19)23(27)29-6/h9-15,28H,7-8,16H2,1-6H3. The molecular weight excluding hydrogens is 380 g/mol. The third-order valence-electron chi connectivity index (χ3n) is 5.01. The Morgan fingerprint density at radius 2 is 1.63 bits per heavy atom. The predicted octanol–water partition coefficient (Wildman–Crippen LogP) is 4.87. The van der Waals surface area contributed by atoms with Crippen LogP contribution in [-0.2, 0) is 10.2 Å². The van der Waals surface area contributed by atoms with Crippen molar-refractivity contribution in [3.8, 4) is 5.75 Å². The van der Waals surface area contributed by atoms with Crippen LogP contribution in [0.1, 0.15) is 56.1 Å². The Bertz CT molecular complexity index is 879. The normalized spacial score (nSPS) is 11.9. The number of hydrogen-bond donors (Lipinski definition) is 1. The van der Waals surface area contributed by atoms with Gasteiger partial charge in [-0.2, -0.15) is 0 Å². The van der Waals surface area contributed by atoms with Gasteiger partial charge in [-0.3, -0.25) is 0 Å². The number of esters is 1. The molecule has 0 aliphatic rings. The number of oxime groups is 1. The highest BCUT2D eigenvalue weighted by atomic mass is 16.5. The van der Waals surface area contributed by atoms with Crippen molar-refractivity contribution < 1.29 is 19.5 Å². The van der Waals surface area contributed by atoms with E-state index in [0.717, 1.165) is 18.7 Å². The molecule has 0 radical (unpaired) electrons. The van der Waals surface area contributed by atoms with Crippen LogP contribution in [0.3, 0.4) is 0 Å². The molecule has 6 nitrogen and oxygen atoms in total. The molecule has 2 rings (SSSR count). The summed E-state index contributed by atoms with van der Waals surface area (Å²) in [6, 6.07) is 12.8. The molecule has 162 valence electrons. The zero-order valence-corrected chi connectivity index (χ0v) is 18.7. The lowest BCUT2D eigenvalue weighted by molar-refractivity contribution is 0.0600. The van der Waals surface area contributed by atoms with Gasteiger partial charge in [-0.25, -0.2) is 4.79 Å². The number of hydrogen-bond acceptors (Lipinski definition) is 6. The lowest BCUT2D eigenvalue weighted by Crippen LogP contribution is -2.27. The summed E-state index contributed by atoms with van der Waals surface area (Å²) in [4.78, 5) is 13.9. The smallest absolute Gasteiger partial charge is 0.337 e. The molecule has 30 heavy (non-hydrogen) atoms. The summed E-state index contributed by atoms with van der Waals surface area (Å²) in [5.41, 5.74) is 4.00. The molecule has 0 spiro atoms. The first-order valence-electron chi connectivity index (χ1n) is 10.2. The predicted molar refractivity (Wildman–Crippen MR) is 120 cm³/mol. The minimum atomic E-state index is -0.401. The quantitative estimate of drug-likeness (QED) is 0.290. The SMILES string of the molecule is CCN(CC)c1ccc(C(COc2ccc(C(=O)OC)cc2)=NO)cc1C(C)(C)C. The van der Waals surface area contributed by atoms with Crippen LogP contribution >= 0.6 is 0 Å². The van der Waals surface area contributed by atoms with E-state index in [-0.39, 0.29) is 12.0 Å². The van der Waals surface area contributed by atoms with E-state index in [2.05, 4.69) is 56.8 Å². The Morgan fingerprint density at radius 1 is 1.03 bits per heavy atom. The van der Waals surface area contributed by atoms with Crippen LogP contribution in [0, 0.1) is 0 Å².